The molecule has 0 radical (unpaired) electrons. The van der Waals surface area contributed by atoms with Crippen molar-refractivity contribution in [3.05, 3.63) is 30.3 Å². The fraction of sp³-hybridized carbons (Fsp3) is 0.400. The summed E-state index contributed by atoms with van der Waals surface area (Å²) < 4.78 is 0. The van der Waals surface area contributed by atoms with Crippen LogP contribution in [-0.4, -0.2) is 6.71 Å². The van der Waals surface area contributed by atoms with Crippen molar-refractivity contribution in [2.75, 3.05) is 0 Å². The Hall–Kier alpha value is -0.715. The standard InChI is InChI=1S/C8H11B.C2H6/c1-9(2)8-6-4-3-5-7-8;1-2/h3-7H,1-2H3;1-2H3. The lowest BCUT2D eigenvalue weighted by molar-refractivity contribution is 1.50. The summed E-state index contributed by atoms with van der Waals surface area (Å²) >= 11 is 0. The highest BCUT2D eigenvalue weighted by Crippen LogP contribution is 1.85. The third kappa shape index (κ3) is 3.87. The second kappa shape index (κ2) is 6.02. The zero-order valence-electron chi connectivity index (χ0n) is 7.96. The molecule has 11 heavy (non-hydrogen) atoms. The van der Waals surface area contributed by atoms with Crippen LogP contribution in [0.1, 0.15) is 13.8 Å². The Bertz CT molecular complexity index is 167. The minimum absolute atomic E-state index is 0.659. The van der Waals surface area contributed by atoms with Crippen LogP contribution >= 0.6 is 0 Å². The molecule has 0 N–H and O–H groups in total. The predicted molar refractivity (Wildman–Crippen MR) is 54.9 cm³/mol. The maximum Gasteiger partial charge on any atom is 0.169 e. The van der Waals surface area contributed by atoms with Gasteiger partial charge < -0.3 is 0 Å². The summed E-state index contributed by atoms with van der Waals surface area (Å²) in [5.41, 5.74) is 1.41. The SMILES string of the molecule is CB(C)c1ccccc1.CC. The van der Waals surface area contributed by atoms with Crippen LogP contribution in [0.2, 0.25) is 13.6 Å². The van der Waals surface area contributed by atoms with Crippen LogP contribution in [0.25, 0.3) is 0 Å². The van der Waals surface area contributed by atoms with Crippen LogP contribution in [-0.2, 0) is 0 Å². The molecule has 0 saturated heterocycles. The third-order valence-electron chi connectivity index (χ3n) is 1.47. The topological polar surface area (TPSA) is 0 Å². The van der Waals surface area contributed by atoms with Gasteiger partial charge in [0.2, 0.25) is 0 Å². The fourth-order valence-corrected chi connectivity index (χ4v) is 0.838. The van der Waals surface area contributed by atoms with E-state index in [0.29, 0.717) is 6.71 Å². The van der Waals surface area contributed by atoms with Crippen molar-refractivity contribution in [3.8, 4) is 0 Å². The second-order valence-electron chi connectivity index (χ2n) is 2.57. The summed E-state index contributed by atoms with van der Waals surface area (Å²) in [6, 6.07) is 10.5. The average Bonchev–Trinajstić information content (AvgIpc) is 2.10. The monoisotopic (exact) mass is 148 g/mol. The third-order valence-corrected chi connectivity index (χ3v) is 1.47. The summed E-state index contributed by atoms with van der Waals surface area (Å²) in [5.74, 6) is 0. The molecule has 0 amide bonds. The highest BCUT2D eigenvalue weighted by atomic mass is 13.8. The van der Waals surface area contributed by atoms with Crippen LogP contribution in [0, 0.1) is 0 Å². The molecule has 0 aliphatic rings. The van der Waals surface area contributed by atoms with Crippen LogP contribution in [0.3, 0.4) is 0 Å². The minimum atomic E-state index is 0.659. The summed E-state index contributed by atoms with van der Waals surface area (Å²) in [6.45, 7) is 9.07. The Kier molecular flexibility index (Phi) is 5.63. The average molecular weight is 148 g/mol. The van der Waals surface area contributed by atoms with E-state index in [0.717, 1.165) is 0 Å². The van der Waals surface area contributed by atoms with E-state index < -0.39 is 0 Å². The maximum atomic E-state index is 2.20. The molecule has 0 nitrogen and oxygen atoms in total. The largest absolute Gasteiger partial charge is 0.169 e. The molecule has 0 aliphatic carbocycles. The Labute approximate surface area is 70.7 Å². The van der Waals surface area contributed by atoms with Gasteiger partial charge >= 0.3 is 0 Å². The van der Waals surface area contributed by atoms with E-state index >= 15 is 0 Å². The van der Waals surface area contributed by atoms with Crippen molar-refractivity contribution in [1.29, 1.82) is 0 Å². The first kappa shape index (κ1) is 10.3. The molecule has 1 aromatic rings. The lowest BCUT2D eigenvalue weighted by Gasteiger charge is -1.98. The predicted octanol–water partition coefficient (Wildman–Crippen LogP) is 2.67. The van der Waals surface area contributed by atoms with Gasteiger partial charge in [-0.3, -0.25) is 0 Å². The zero-order chi connectivity index (χ0) is 8.69. The van der Waals surface area contributed by atoms with E-state index in [9.17, 15) is 0 Å². The van der Waals surface area contributed by atoms with Gasteiger partial charge in [-0.2, -0.15) is 0 Å². The van der Waals surface area contributed by atoms with Gasteiger partial charge in [0, 0.05) is 0 Å². The quantitative estimate of drug-likeness (QED) is 0.537. The molecule has 0 saturated carbocycles. The lowest BCUT2D eigenvalue weighted by atomic mass is 9.49. The molecule has 0 atom stereocenters. The Morgan fingerprint density at radius 1 is 0.909 bits per heavy atom. The summed E-state index contributed by atoms with van der Waals surface area (Å²) in [4.78, 5) is 0. The molecule has 1 heteroatoms. The number of hydrogen-bond donors (Lipinski definition) is 0. The highest BCUT2D eigenvalue weighted by molar-refractivity contribution is 6.70. The highest BCUT2D eigenvalue weighted by Gasteiger charge is 1.98. The van der Waals surface area contributed by atoms with Crippen LogP contribution in [0.5, 0.6) is 0 Å². The van der Waals surface area contributed by atoms with Crippen molar-refractivity contribution in [1.82, 2.24) is 0 Å². The van der Waals surface area contributed by atoms with Crippen LogP contribution in [0.4, 0.5) is 0 Å². The number of hydrogen-bond acceptors (Lipinski definition) is 0. The number of benzene rings is 1. The van der Waals surface area contributed by atoms with E-state index in [1.54, 1.807) is 0 Å². The first-order valence-electron chi connectivity index (χ1n) is 4.35. The van der Waals surface area contributed by atoms with Crippen LogP contribution < -0.4 is 5.46 Å². The molecular weight excluding hydrogens is 131 g/mol. The zero-order valence-corrected chi connectivity index (χ0v) is 7.96. The molecule has 0 unspecified atom stereocenters. The molecular formula is C10H17B. The molecule has 0 heterocycles. The molecule has 0 bridgehead atoms. The van der Waals surface area contributed by atoms with E-state index in [1.807, 2.05) is 19.9 Å². The second-order valence-corrected chi connectivity index (χ2v) is 2.57. The fourth-order valence-electron chi connectivity index (χ4n) is 0.838. The van der Waals surface area contributed by atoms with Gasteiger partial charge in [0.05, 0.1) is 0 Å². The molecule has 0 spiro atoms. The van der Waals surface area contributed by atoms with Gasteiger partial charge in [-0.15, -0.1) is 0 Å². The van der Waals surface area contributed by atoms with Gasteiger partial charge in [-0.25, -0.2) is 0 Å². The number of rotatable bonds is 1. The van der Waals surface area contributed by atoms with Crippen molar-refractivity contribution in [2.45, 2.75) is 27.5 Å². The summed E-state index contributed by atoms with van der Waals surface area (Å²) in [5, 5.41) is 0. The van der Waals surface area contributed by atoms with Crippen molar-refractivity contribution >= 4 is 12.2 Å². The van der Waals surface area contributed by atoms with E-state index in [4.69, 9.17) is 0 Å². The molecule has 0 aromatic heterocycles. The van der Waals surface area contributed by atoms with Crippen molar-refractivity contribution < 1.29 is 0 Å². The summed E-state index contributed by atoms with van der Waals surface area (Å²) in [7, 11) is 0. The molecule has 1 aromatic carbocycles. The van der Waals surface area contributed by atoms with Gasteiger partial charge in [0.1, 0.15) is 0 Å². The first-order chi connectivity index (χ1) is 5.30. The van der Waals surface area contributed by atoms with E-state index in [-0.39, 0.29) is 0 Å². The normalized spacial score (nSPS) is 8.00. The molecule has 60 valence electrons. The molecule has 0 aliphatic heterocycles. The van der Waals surface area contributed by atoms with E-state index in [2.05, 4.69) is 37.9 Å². The van der Waals surface area contributed by atoms with Crippen molar-refractivity contribution in [3.63, 3.8) is 0 Å². The van der Waals surface area contributed by atoms with E-state index in [1.165, 1.54) is 5.46 Å². The summed E-state index contributed by atoms with van der Waals surface area (Å²) in [6.07, 6.45) is 0. The Balaban J connectivity index is 0.000000461. The Morgan fingerprint density at radius 3 is 1.64 bits per heavy atom. The van der Waals surface area contributed by atoms with Gasteiger partial charge in [-0.05, 0) is 0 Å². The first-order valence-corrected chi connectivity index (χ1v) is 4.35. The van der Waals surface area contributed by atoms with Gasteiger partial charge in [-0.1, -0.05) is 63.3 Å². The Morgan fingerprint density at radius 2 is 1.36 bits per heavy atom. The van der Waals surface area contributed by atoms with Gasteiger partial charge in [0.15, 0.2) is 6.71 Å². The smallest absolute Gasteiger partial charge is 0.0819 e. The molecule has 0 fully saturated rings. The van der Waals surface area contributed by atoms with Gasteiger partial charge in [0.25, 0.3) is 0 Å². The lowest BCUT2D eigenvalue weighted by Crippen LogP contribution is -2.21. The minimum Gasteiger partial charge on any atom is -0.0819 e. The van der Waals surface area contributed by atoms with Crippen LogP contribution in [0.15, 0.2) is 30.3 Å². The molecule has 1 rings (SSSR count). The maximum absolute atomic E-state index is 2.20. The van der Waals surface area contributed by atoms with Crippen molar-refractivity contribution in [2.24, 2.45) is 0 Å².